The average molecular weight is 489 g/mol. The van der Waals surface area contributed by atoms with E-state index in [0.29, 0.717) is 16.7 Å². The van der Waals surface area contributed by atoms with Gasteiger partial charge in [-0.05, 0) is 60.3 Å². The minimum Gasteiger partial charge on any atom is -0.370 e. The van der Waals surface area contributed by atoms with Crippen LogP contribution in [0, 0.1) is 17.9 Å². The smallest absolute Gasteiger partial charge is 0.370 e. The van der Waals surface area contributed by atoms with E-state index in [-0.39, 0.29) is 15.7 Å². The van der Waals surface area contributed by atoms with Crippen LogP contribution in [-0.2, 0) is 10.2 Å². The second-order valence-corrected chi connectivity index (χ2v) is 8.99. The number of anilines is 1. The van der Waals surface area contributed by atoms with Crippen LogP contribution in [-0.4, -0.2) is 40.0 Å². The summed E-state index contributed by atoms with van der Waals surface area (Å²) in [6.45, 7) is 9.74. The fraction of sp³-hybridized carbons (Fsp3) is 0.160. The zero-order chi connectivity index (χ0) is 24.3. The van der Waals surface area contributed by atoms with Crippen LogP contribution in [0.1, 0.15) is 16.7 Å². The zero-order valence-electron chi connectivity index (χ0n) is 17.6. The van der Waals surface area contributed by atoms with Crippen LogP contribution in [0.15, 0.2) is 72.0 Å². The number of aromatic nitrogens is 1. The largest absolute Gasteiger partial charge is 0.403 e. The van der Waals surface area contributed by atoms with E-state index in [9.17, 15) is 15.2 Å². The molecule has 1 amide bonds. The molecular formula is C25H16Cl2N5O2+. The second kappa shape index (κ2) is 7.38. The third kappa shape index (κ3) is 2.31. The molecule has 166 valence electrons. The number of piperidine rings is 1. The summed E-state index contributed by atoms with van der Waals surface area (Å²) in [5, 5.41) is 21.5. The third-order valence-electron chi connectivity index (χ3n) is 6.88. The molecular weight excluding hydrogens is 473 g/mol. The molecule has 1 saturated carbocycles. The van der Waals surface area contributed by atoms with Gasteiger partial charge in [-0.3, -0.25) is 19.7 Å². The number of carbonyl (C=O) groups excluding carboxylic acids is 1. The van der Waals surface area contributed by atoms with Crippen molar-refractivity contribution in [1.82, 2.24) is 4.98 Å². The Morgan fingerprint density at radius 1 is 1.12 bits per heavy atom. The molecule has 2 aliphatic rings. The third-order valence-corrected chi connectivity index (χ3v) is 7.32. The first-order chi connectivity index (χ1) is 16.3. The summed E-state index contributed by atoms with van der Waals surface area (Å²) < 4.78 is 0. The van der Waals surface area contributed by atoms with Crippen LogP contribution < -0.4 is 4.90 Å². The molecule has 2 aromatic carbocycles. The summed E-state index contributed by atoms with van der Waals surface area (Å²) in [7, 11) is 0. The Kier molecular flexibility index (Phi) is 4.79. The van der Waals surface area contributed by atoms with Crippen molar-refractivity contribution in [3.8, 4) is 12.6 Å². The number of pyridine rings is 1. The predicted octanol–water partition coefficient (Wildman–Crippen LogP) is 4.07. The zero-order valence-corrected chi connectivity index (χ0v) is 19.1. The molecule has 2 heterocycles. The van der Waals surface area contributed by atoms with Crippen molar-refractivity contribution < 1.29 is 9.90 Å². The molecule has 1 aromatic heterocycles. The van der Waals surface area contributed by atoms with E-state index in [0.717, 1.165) is 4.90 Å². The second-order valence-electron chi connectivity index (χ2n) is 8.12. The van der Waals surface area contributed by atoms with Gasteiger partial charge in [-0.2, -0.15) is 5.26 Å². The Labute approximate surface area is 205 Å². The van der Waals surface area contributed by atoms with Crippen molar-refractivity contribution in [3.63, 3.8) is 0 Å². The standard InChI is InChI=1S/C25H16Cl2N5O2/c1-29-24-21(33)32(20-12-18(26)11-19(27)13-20)22(34)25(24,30-2)23(24,17-7-9-31-10-8-17)16-5-3-15(14-28)4-6-16/h1,3-13,22,34H,2H2/q+1/t22?,23-,24+,25-/m0/s1. The number of nitrogens with zero attached hydrogens (tertiary/aromatic N) is 5. The van der Waals surface area contributed by atoms with Gasteiger partial charge in [-0.25, -0.2) is 0 Å². The molecule has 9 heteroatoms. The highest BCUT2D eigenvalue weighted by molar-refractivity contribution is 6.35. The van der Waals surface area contributed by atoms with Crippen molar-refractivity contribution in [3.05, 3.63) is 98.6 Å². The Morgan fingerprint density at radius 3 is 2.21 bits per heavy atom. The van der Waals surface area contributed by atoms with Gasteiger partial charge >= 0.3 is 11.4 Å². The van der Waals surface area contributed by atoms with Gasteiger partial charge in [0, 0.05) is 28.1 Å². The van der Waals surface area contributed by atoms with Crippen LogP contribution >= 0.6 is 23.2 Å². The van der Waals surface area contributed by atoms with Crippen LogP contribution in [0.2, 0.25) is 10.0 Å². The molecule has 1 aliphatic heterocycles. The Hall–Kier alpha value is -3.75. The predicted molar refractivity (Wildman–Crippen MR) is 129 cm³/mol. The summed E-state index contributed by atoms with van der Waals surface area (Å²) in [6.07, 6.45) is 1.63. The maximum Gasteiger partial charge on any atom is 0.403 e. The summed E-state index contributed by atoms with van der Waals surface area (Å²) >= 11 is 12.3. The summed E-state index contributed by atoms with van der Waals surface area (Å²) in [5.74, 6) is -0.589. The average Bonchev–Trinajstić information content (AvgIpc) is 3.36. The molecule has 1 unspecified atom stereocenters. The molecule has 3 aromatic rings. The van der Waals surface area contributed by atoms with Crippen LogP contribution in [0.25, 0.3) is 4.85 Å². The minimum absolute atomic E-state index is 0.275. The van der Waals surface area contributed by atoms with Gasteiger partial charge < -0.3 is 5.11 Å². The van der Waals surface area contributed by atoms with E-state index in [1.807, 2.05) is 0 Å². The maximum atomic E-state index is 14.1. The number of aliphatic hydroxyl groups is 1. The van der Waals surface area contributed by atoms with E-state index < -0.39 is 28.6 Å². The number of nitriles is 1. The Bertz CT molecular complexity index is 1410. The van der Waals surface area contributed by atoms with Gasteiger partial charge in [0.25, 0.3) is 6.57 Å². The molecule has 34 heavy (non-hydrogen) atoms. The van der Waals surface area contributed by atoms with E-state index >= 15 is 0 Å². The first-order valence-corrected chi connectivity index (χ1v) is 10.9. The van der Waals surface area contributed by atoms with E-state index in [1.165, 1.54) is 18.2 Å². The molecule has 0 radical (unpaired) electrons. The number of halogens is 2. The SMILES string of the molecule is C#[N+][C@@]12C(=O)N(c3cc(Cl)cc(Cl)c3)C(O)[C@]1(N=C)[C@]2(c1ccncc1)c1ccc(C#N)cc1. The van der Waals surface area contributed by atoms with Gasteiger partial charge in [0.15, 0.2) is 11.6 Å². The van der Waals surface area contributed by atoms with Crippen molar-refractivity contribution in [1.29, 1.82) is 5.26 Å². The minimum atomic E-state index is -1.73. The molecule has 1 aliphatic carbocycles. The lowest BCUT2D eigenvalue weighted by Gasteiger charge is -2.31. The Balaban J connectivity index is 1.81. The van der Waals surface area contributed by atoms with E-state index in [2.05, 4.69) is 27.6 Å². The van der Waals surface area contributed by atoms with Crippen molar-refractivity contribution in [2.45, 2.75) is 22.7 Å². The summed E-state index contributed by atoms with van der Waals surface area (Å²) in [6, 6.07) is 16.7. The normalized spacial score (nSPS) is 29.1. The molecule has 1 N–H and O–H groups in total. The maximum absolute atomic E-state index is 14.1. The first kappa shape index (κ1) is 22.1. The monoisotopic (exact) mass is 488 g/mol. The van der Waals surface area contributed by atoms with Crippen LogP contribution in [0.5, 0.6) is 0 Å². The van der Waals surface area contributed by atoms with Gasteiger partial charge in [0.05, 0.1) is 11.6 Å². The molecule has 7 nitrogen and oxygen atoms in total. The fourth-order valence-corrected chi connectivity index (χ4v) is 6.17. The van der Waals surface area contributed by atoms with Gasteiger partial charge in [-0.15, -0.1) is 0 Å². The molecule has 4 atom stereocenters. The van der Waals surface area contributed by atoms with Crippen molar-refractivity contribution in [2.75, 3.05) is 4.90 Å². The Morgan fingerprint density at radius 2 is 1.71 bits per heavy atom. The number of benzene rings is 2. The topological polar surface area (TPSA) is 93.9 Å². The molecule has 0 bridgehead atoms. The number of rotatable bonds is 4. The number of amides is 1. The van der Waals surface area contributed by atoms with Crippen molar-refractivity contribution in [2.24, 2.45) is 4.99 Å². The van der Waals surface area contributed by atoms with Gasteiger partial charge in [0.1, 0.15) is 0 Å². The lowest BCUT2D eigenvalue weighted by Crippen LogP contribution is -2.49. The van der Waals surface area contributed by atoms with E-state index in [1.54, 1.807) is 48.8 Å². The van der Waals surface area contributed by atoms with Crippen LogP contribution in [0.3, 0.4) is 0 Å². The highest BCUT2D eigenvalue weighted by Gasteiger charge is 3.09. The molecule has 0 spiro atoms. The number of hydrogen-bond donors (Lipinski definition) is 1. The van der Waals surface area contributed by atoms with Crippen molar-refractivity contribution >= 4 is 41.5 Å². The number of fused-ring (bicyclic) bond motifs is 1. The van der Waals surface area contributed by atoms with E-state index in [4.69, 9.17) is 29.8 Å². The number of aliphatic imine (C=N–C) groups is 1. The molecule has 2 fully saturated rings. The summed E-state index contributed by atoms with van der Waals surface area (Å²) in [5.41, 5.74) is -2.71. The number of carbonyl (C=O) groups is 1. The summed E-state index contributed by atoms with van der Waals surface area (Å²) in [4.78, 5) is 27.8. The lowest BCUT2D eigenvalue weighted by atomic mass is 9.80. The van der Waals surface area contributed by atoms with Gasteiger partial charge in [0.2, 0.25) is 5.54 Å². The van der Waals surface area contributed by atoms with Crippen LogP contribution in [0.4, 0.5) is 5.69 Å². The number of aliphatic hydroxyl groups excluding tert-OH is 1. The fourth-order valence-electron chi connectivity index (χ4n) is 5.65. The molecule has 5 rings (SSSR count). The quantitative estimate of drug-likeness (QED) is 0.560. The highest BCUT2D eigenvalue weighted by atomic mass is 35.5. The first-order valence-electron chi connectivity index (χ1n) is 10.1. The number of hydrogen-bond acceptors (Lipinski definition) is 5. The molecule has 1 saturated heterocycles. The van der Waals surface area contributed by atoms with Gasteiger partial charge in [-0.1, -0.05) is 40.2 Å². The lowest BCUT2D eigenvalue weighted by molar-refractivity contribution is -0.120. The highest BCUT2D eigenvalue weighted by Crippen LogP contribution is 2.78.